The van der Waals surface area contributed by atoms with Gasteiger partial charge in [0.1, 0.15) is 11.6 Å². The lowest BCUT2D eigenvalue weighted by atomic mass is 10.1. The number of hydrogen-bond donors (Lipinski definition) is 2. The van der Waals surface area contributed by atoms with E-state index < -0.39 is 0 Å². The van der Waals surface area contributed by atoms with E-state index in [9.17, 15) is 4.39 Å². The second-order valence-corrected chi connectivity index (χ2v) is 7.68. The molecule has 0 saturated carbocycles. The second kappa shape index (κ2) is 16.5. The fraction of sp³-hybridized carbons (Fsp3) is 0.480. The van der Waals surface area contributed by atoms with Gasteiger partial charge in [-0.1, -0.05) is 57.4 Å². The van der Waals surface area contributed by atoms with Gasteiger partial charge >= 0.3 is 0 Å². The van der Waals surface area contributed by atoms with Crippen molar-refractivity contribution >= 4 is 11.6 Å². The lowest BCUT2D eigenvalue weighted by molar-refractivity contribution is 0.303. The molecule has 7 heteroatoms. The molecule has 1 aromatic heterocycles. The van der Waals surface area contributed by atoms with Gasteiger partial charge in [-0.25, -0.2) is 4.39 Å². The van der Waals surface area contributed by atoms with Crippen molar-refractivity contribution < 1.29 is 9.13 Å². The zero-order valence-corrected chi connectivity index (χ0v) is 18.7. The molecule has 0 saturated heterocycles. The predicted molar refractivity (Wildman–Crippen MR) is 127 cm³/mol. The molecule has 6 nitrogen and oxygen atoms in total. The number of guanidine groups is 1. The molecule has 0 amide bonds. The Hall–Kier alpha value is -3.14. The first-order valence-electron chi connectivity index (χ1n) is 11.5. The maximum absolute atomic E-state index is 13.1. The average molecular weight is 440 g/mol. The Morgan fingerprint density at radius 2 is 1.69 bits per heavy atom. The summed E-state index contributed by atoms with van der Waals surface area (Å²) in [4.78, 5) is 8.47. The molecule has 2 rings (SSSR count). The van der Waals surface area contributed by atoms with E-state index in [2.05, 4.69) is 20.6 Å². The number of aromatic nitrogens is 1. The third-order valence-electron chi connectivity index (χ3n) is 4.99. The van der Waals surface area contributed by atoms with Crippen molar-refractivity contribution in [1.82, 2.24) is 10.3 Å². The molecule has 2 aromatic rings. The third-order valence-corrected chi connectivity index (χ3v) is 4.99. The Morgan fingerprint density at radius 3 is 2.34 bits per heavy atom. The van der Waals surface area contributed by atoms with E-state index >= 15 is 0 Å². The zero-order valence-electron chi connectivity index (χ0n) is 18.7. The standard InChI is InChI=1S/C25H34FN5O/c26-22-13-11-15-24(19-22)32-18-10-8-6-4-2-1-3-5-7-9-17-29-25(30-21-27)31-23-14-12-16-28-20-23/h11-16,19-20H,1-10,17-18H2,(H2,29,30,31). The highest BCUT2D eigenvalue weighted by molar-refractivity contribution is 5.94. The molecule has 0 radical (unpaired) electrons. The monoisotopic (exact) mass is 439 g/mol. The minimum absolute atomic E-state index is 0.256. The first-order valence-corrected chi connectivity index (χ1v) is 11.5. The molecule has 0 aliphatic rings. The van der Waals surface area contributed by atoms with Crippen LogP contribution in [0.3, 0.4) is 0 Å². The van der Waals surface area contributed by atoms with E-state index in [4.69, 9.17) is 10.00 Å². The minimum Gasteiger partial charge on any atom is -0.493 e. The van der Waals surface area contributed by atoms with Crippen LogP contribution in [0.2, 0.25) is 0 Å². The Labute approximate surface area is 190 Å². The van der Waals surface area contributed by atoms with Gasteiger partial charge in [0.25, 0.3) is 0 Å². The summed E-state index contributed by atoms with van der Waals surface area (Å²) in [5, 5.41) is 14.5. The van der Waals surface area contributed by atoms with Gasteiger partial charge < -0.3 is 10.1 Å². The van der Waals surface area contributed by atoms with Crippen LogP contribution in [-0.4, -0.2) is 24.1 Å². The fourth-order valence-corrected chi connectivity index (χ4v) is 3.30. The summed E-state index contributed by atoms with van der Waals surface area (Å²) in [6, 6.07) is 10.0. The number of pyridine rings is 1. The average Bonchev–Trinajstić information content (AvgIpc) is 2.80. The number of nitriles is 1. The van der Waals surface area contributed by atoms with Crippen molar-refractivity contribution in [3.05, 3.63) is 54.6 Å². The number of aliphatic imine (C=N–C) groups is 1. The Balaban J connectivity index is 1.40. The quantitative estimate of drug-likeness (QED) is 0.116. The molecule has 0 aliphatic heterocycles. The Morgan fingerprint density at radius 1 is 0.969 bits per heavy atom. The number of nitrogens with zero attached hydrogens (tertiary/aromatic N) is 3. The summed E-state index contributed by atoms with van der Waals surface area (Å²) in [7, 11) is 0. The number of anilines is 1. The highest BCUT2D eigenvalue weighted by Gasteiger charge is 1.99. The van der Waals surface area contributed by atoms with E-state index in [0.29, 0.717) is 24.9 Å². The lowest BCUT2D eigenvalue weighted by Gasteiger charge is -2.07. The van der Waals surface area contributed by atoms with Crippen LogP contribution in [0, 0.1) is 17.3 Å². The van der Waals surface area contributed by atoms with E-state index in [1.54, 1.807) is 24.5 Å². The van der Waals surface area contributed by atoms with Gasteiger partial charge in [0.05, 0.1) is 18.5 Å². The van der Waals surface area contributed by atoms with Crippen molar-refractivity contribution in [2.75, 3.05) is 18.5 Å². The number of benzene rings is 1. The van der Waals surface area contributed by atoms with Gasteiger partial charge in [-0.15, -0.1) is 0 Å². The highest BCUT2D eigenvalue weighted by Crippen LogP contribution is 2.14. The first kappa shape index (κ1) is 25.1. The van der Waals surface area contributed by atoms with Gasteiger partial charge in [0, 0.05) is 18.8 Å². The molecular formula is C25H34FN5O. The largest absolute Gasteiger partial charge is 0.493 e. The van der Waals surface area contributed by atoms with E-state index in [1.807, 2.05) is 18.3 Å². The number of halogens is 1. The van der Waals surface area contributed by atoms with Crippen LogP contribution in [0.5, 0.6) is 5.75 Å². The maximum Gasteiger partial charge on any atom is 0.209 e. The van der Waals surface area contributed by atoms with Crippen molar-refractivity contribution in [2.24, 2.45) is 4.99 Å². The van der Waals surface area contributed by atoms with Crippen LogP contribution in [0.15, 0.2) is 53.8 Å². The topological polar surface area (TPSA) is 82.3 Å². The molecule has 172 valence electrons. The van der Waals surface area contributed by atoms with Crippen molar-refractivity contribution in [3.63, 3.8) is 0 Å². The molecule has 0 spiro atoms. The van der Waals surface area contributed by atoms with Crippen LogP contribution >= 0.6 is 0 Å². The van der Waals surface area contributed by atoms with Crippen LogP contribution < -0.4 is 15.4 Å². The number of ether oxygens (including phenoxy) is 1. The van der Waals surface area contributed by atoms with Gasteiger partial charge in [0.2, 0.25) is 5.96 Å². The van der Waals surface area contributed by atoms with Crippen LogP contribution in [0.25, 0.3) is 0 Å². The number of nitrogens with one attached hydrogen (secondary N) is 2. The molecule has 1 heterocycles. The molecule has 0 unspecified atom stereocenters. The van der Waals surface area contributed by atoms with Gasteiger partial charge in [-0.05, 0) is 37.1 Å². The lowest BCUT2D eigenvalue weighted by Crippen LogP contribution is -2.27. The maximum atomic E-state index is 13.1. The molecule has 2 N–H and O–H groups in total. The van der Waals surface area contributed by atoms with E-state index in [0.717, 1.165) is 31.4 Å². The van der Waals surface area contributed by atoms with Crippen molar-refractivity contribution in [1.29, 1.82) is 5.26 Å². The summed E-state index contributed by atoms with van der Waals surface area (Å²) >= 11 is 0. The highest BCUT2D eigenvalue weighted by atomic mass is 19.1. The molecule has 0 aliphatic carbocycles. The molecule has 32 heavy (non-hydrogen) atoms. The number of rotatable bonds is 15. The molecular weight excluding hydrogens is 405 g/mol. The minimum atomic E-state index is -0.256. The molecule has 1 aromatic carbocycles. The van der Waals surface area contributed by atoms with Crippen molar-refractivity contribution in [2.45, 2.75) is 64.2 Å². The number of hydrogen-bond acceptors (Lipinski definition) is 4. The van der Waals surface area contributed by atoms with Crippen LogP contribution in [-0.2, 0) is 0 Å². The predicted octanol–water partition coefficient (Wildman–Crippen LogP) is 6.04. The normalized spacial score (nSPS) is 11.1. The SMILES string of the molecule is N#CNC(=NCCCCCCCCCCCCOc1cccc(F)c1)Nc1cccnc1. The van der Waals surface area contributed by atoms with E-state index in [-0.39, 0.29) is 5.82 Å². The summed E-state index contributed by atoms with van der Waals surface area (Å²) in [5.74, 6) is 0.814. The van der Waals surface area contributed by atoms with Gasteiger partial charge in [-0.3, -0.25) is 15.3 Å². The van der Waals surface area contributed by atoms with Gasteiger partial charge in [0.15, 0.2) is 6.19 Å². The summed E-state index contributed by atoms with van der Waals surface area (Å²) < 4.78 is 18.6. The van der Waals surface area contributed by atoms with Crippen molar-refractivity contribution in [3.8, 4) is 11.9 Å². The summed E-state index contributed by atoms with van der Waals surface area (Å²) in [5.41, 5.74) is 0.799. The molecule has 0 fully saturated rings. The van der Waals surface area contributed by atoms with Gasteiger partial charge in [-0.2, -0.15) is 5.26 Å². The third kappa shape index (κ3) is 11.9. The first-order chi connectivity index (χ1) is 15.8. The van der Waals surface area contributed by atoms with Crippen LogP contribution in [0.4, 0.5) is 10.1 Å². The fourth-order valence-electron chi connectivity index (χ4n) is 3.30. The number of unbranched alkanes of at least 4 members (excludes halogenated alkanes) is 9. The summed E-state index contributed by atoms with van der Waals surface area (Å²) in [6.07, 6.45) is 17.1. The smallest absolute Gasteiger partial charge is 0.209 e. The zero-order chi connectivity index (χ0) is 22.7. The Kier molecular flexibility index (Phi) is 13.0. The van der Waals surface area contributed by atoms with E-state index in [1.165, 1.54) is 50.7 Å². The second-order valence-electron chi connectivity index (χ2n) is 7.68. The molecule has 0 atom stereocenters. The Bertz CT molecular complexity index is 823. The molecule has 0 bridgehead atoms. The van der Waals surface area contributed by atoms with Crippen LogP contribution in [0.1, 0.15) is 64.2 Å². The summed E-state index contributed by atoms with van der Waals surface area (Å²) in [6.45, 7) is 1.34.